The maximum absolute atomic E-state index is 13.0. The quantitative estimate of drug-likeness (QED) is 0.0222. The normalized spacial score (nSPS) is 14.8. The molecule has 0 saturated heterocycles. The molecule has 546 valence electrons. The first-order chi connectivity index (χ1) is 44.2. The summed E-state index contributed by atoms with van der Waals surface area (Å²) in [4.78, 5) is 72.7. The van der Waals surface area contributed by atoms with Crippen LogP contribution < -0.4 is 0 Å². The van der Waals surface area contributed by atoms with Crippen LogP contribution in [-0.4, -0.2) is 96.7 Å². The van der Waals surface area contributed by atoms with Crippen LogP contribution in [-0.2, 0) is 65.4 Å². The Morgan fingerprint density at radius 2 is 0.522 bits per heavy atom. The standard InChI is InChI=1S/C73H142O17P2/c1-9-65(7)51-43-35-27-23-24-30-40-48-56-73(78)90-68(59-83-70(75)53-45-37-28-21-18-14-16-20-26-34-42-50-64(5)6)61-87-91(79,80)85-57-67(74)58-86-92(81,82)88-62-69(60-84-71(76)54-46-38-32-31-36-44-52-66(8)10-2)89-72(77)55-47-39-29-22-17-13-11-12-15-19-25-33-41-49-63(3)4/h63-69,74H,9-62H2,1-8H3,(H,79,80)(H,81,82)/t65?,66?,67-,68-,69-/m1/s1. The predicted octanol–water partition coefficient (Wildman–Crippen LogP) is 20.9. The van der Waals surface area contributed by atoms with Gasteiger partial charge in [-0.1, -0.05) is 312 Å². The van der Waals surface area contributed by atoms with Crippen molar-refractivity contribution in [1.82, 2.24) is 0 Å². The van der Waals surface area contributed by atoms with Gasteiger partial charge in [0.25, 0.3) is 0 Å². The number of aliphatic hydroxyl groups is 1. The van der Waals surface area contributed by atoms with E-state index in [1.807, 2.05) is 0 Å². The Bertz CT molecular complexity index is 1820. The lowest BCUT2D eigenvalue weighted by Gasteiger charge is -2.21. The van der Waals surface area contributed by atoms with Crippen LogP contribution in [0.3, 0.4) is 0 Å². The first-order valence-electron chi connectivity index (χ1n) is 37.8. The number of esters is 4. The fraction of sp³-hybridized carbons (Fsp3) is 0.945. The van der Waals surface area contributed by atoms with Gasteiger partial charge in [0, 0.05) is 25.7 Å². The van der Waals surface area contributed by atoms with Crippen LogP contribution in [0.5, 0.6) is 0 Å². The van der Waals surface area contributed by atoms with Crippen LogP contribution in [0.1, 0.15) is 364 Å². The van der Waals surface area contributed by atoms with E-state index in [9.17, 15) is 43.2 Å². The van der Waals surface area contributed by atoms with E-state index in [2.05, 4.69) is 55.4 Å². The van der Waals surface area contributed by atoms with Gasteiger partial charge in [-0.3, -0.25) is 37.3 Å². The maximum Gasteiger partial charge on any atom is 0.472 e. The highest BCUT2D eigenvalue weighted by Crippen LogP contribution is 2.45. The largest absolute Gasteiger partial charge is 0.472 e. The van der Waals surface area contributed by atoms with Crippen molar-refractivity contribution in [3.05, 3.63) is 0 Å². The maximum atomic E-state index is 13.0. The third kappa shape index (κ3) is 64.1. The highest BCUT2D eigenvalue weighted by molar-refractivity contribution is 7.47. The van der Waals surface area contributed by atoms with E-state index in [1.165, 1.54) is 161 Å². The van der Waals surface area contributed by atoms with Crippen LogP contribution in [0.25, 0.3) is 0 Å². The van der Waals surface area contributed by atoms with Crippen LogP contribution in [0.2, 0.25) is 0 Å². The lowest BCUT2D eigenvalue weighted by molar-refractivity contribution is -0.161. The zero-order chi connectivity index (χ0) is 68.2. The number of carbonyl (C=O) groups excluding carboxylic acids is 4. The second-order valence-electron chi connectivity index (χ2n) is 27.8. The molecule has 0 spiro atoms. The summed E-state index contributed by atoms with van der Waals surface area (Å²) in [7, 11) is -9.91. The summed E-state index contributed by atoms with van der Waals surface area (Å²) in [6, 6.07) is 0. The van der Waals surface area contributed by atoms with Crippen molar-refractivity contribution < 1.29 is 80.2 Å². The summed E-state index contributed by atoms with van der Waals surface area (Å²) < 4.78 is 68.4. The zero-order valence-corrected chi connectivity index (χ0v) is 62.0. The van der Waals surface area contributed by atoms with Gasteiger partial charge in [-0.2, -0.15) is 0 Å². The van der Waals surface area contributed by atoms with Gasteiger partial charge in [0.2, 0.25) is 0 Å². The summed E-state index contributed by atoms with van der Waals surface area (Å²) in [6.07, 6.45) is 45.7. The second kappa shape index (κ2) is 62.6. The van der Waals surface area contributed by atoms with Crippen molar-refractivity contribution in [3.8, 4) is 0 Å². The first-order valence-corrected chi connectivity index (χ1v) is 40.8. The molecule has 0 rings (SSSR count). The number of hydrogen-bond acceptors (Lipinski definition) is 15. The summed E-state index contributed by atoms with van der Waals surface area (Å²) in [6.45, 7) is 14.2. The topological polar surface area (TPSA) is 237 Å². The predicted molar refractivity (Wildman–Crippen MR) is 372 cm³/mol. The Morgan fingerprint density at radius 1 is 0.304 bits per heavy atom. The minimum absolute atomic E-state index is 0.104. The van der Waals surface area contributed by atoms with Crippen molar-refractivity contribution in [2.24, 2.45) is 23.7 Å². The Balaban J connectivity index is 5.25. The monoisotopic (exact) mass is 1350 g/mol. The summed E-state index contributed by atoms with van der Waals surface area (Å²) >= 11 is 0. The lowest BCUT2D eigenvalue weighted by atomic mass is 9.99. The molecule has 0 heterocycles. The SMILES string of the molecule is CCC(C)CCCCCCCCCCC(=O)O[C@H](COC(=O)CCCCCCCCCCCCCC(C)C)COP(=O)(O)OC[C@@H](O)COP(=O)(O)OC[C@@H](COC(=O)CCCCCCCCC(C)CC)OC(=O)CCCCCCCCCCCCCCCC(C)C. The van der Waals surface area contributed by atoms with Crippen molar-refractivity contribution in [1.29, 1.82) is 0 Å². The Kier molecular flexibility index (Phi) is 61.3. The Hall–Kier alpha value is -1.94. The molecule has 0 bridgehead atoms. The molecule has 92 heavy (non-hydrogen) atoms. The minimum atomic E-state index is -4.95. The average molecular weight is 1350 g/mol. The fourth-order valence-corrected chi connectivity index (χ4v) is 12.5. The Morgan fingerprint density at radius 3 is 0.772 bits per heavy atom. The van der Waals surface area contributed by atoms with Gasteiger partial charge in [-0.05, 0) is 49.4 Å². The Labute approximate surface area is 562 Å². The number of hydrogen-bond donors (Lipinski definition) is 3. The third-order valence-electron chi connectivity index (χ3n) is 17.5. The van der Waals surface area contributed by atoms with E-state index in [4.69, 9.17) is 37.0 Å². The summed E-state index contributed by atoms with van der Waals surface area (Å²) in [5, 5.41) is 10.6. The highest BCUT2D eigenvalue weighted by atomic mass is 31.2. The number of aliphatic hydroxyl groups excluding tert-OH is 1. The van der Waals surface area contributed by atoms with Crippen molar-refractivity contribution in [2.45, 2.75) is 382 Å². The molecule has 7 atom stereocenters. The number of unbranched alkanes of at least 4 members (excludes halogenated alkanes) is 34. The number of ether oxygens (including phenoxy) is 4. The fourth-order valence-electron chi connectivity index (χ4n) is 11.0. The number of phosphoric acid groups is 2. The third-order valence-corrected chi connectivity index (χ3v) is 19.4. The first kappa shape index (κ1) is 90.1. The zero-order valence-electron chi connectivity index (χ0n) is 60.2. The second-order valence-corrected chi connectivity index (χ2v) is 30.7. The molecule has 0 saturated carbocycles. The van der Waals surface area contributed by atoms with Crippen LogP contribution in [0.15, 0.2) is 0 Å². The van der Waals surface area contributed by atoms with Gasteiger partial charge >= 0.3 is 39.5 Å². The van der Waals surface area contributed by atoms with Gasteiger partial charge in [0.15, 0.2) is 12.2 Å². The number of phosphoric ester groups is 2. The molecule has 0 amide bonds. The molecule has 17 nitrogen and oxygen atoms in total. The molecule has 0 aromatic carbocycles. The molecular formula is C73H142O17P2. The summed E-state index contributed by atoms with van der Waals surface area (Å²) in [5.74, 6) is 0.931. The summed E-state index contributed by atoms with van der Waals surface area (Å²) in [5.41, 5.74) is 0. The number of carbonyl (C=O) groups is 4. The van der Waals surface area contributed by atoms with E-state index in [0.29, 0.717) is 25.7 Å². The van der Waals surface area contributed by atoms with E-state index < -0.39 is 97.5 Å². The molecule has 0 aromatic rings. The average Bonchev–Trinajstić information content (AvgIpc) is 2.89. The molecule has 0 radical (unpaired) electrons. The van der Waals surface area contributed by atoms with Crippen LogP contribution >= 0.6 is 15.6 Å². The van der Waals surface area contributed by atoms with E-state index in [0.717, 1.165) is 120 Å². The highest BCUT2D eigenvalue weighted by Gasteiger charge is 2.30. The smallest absolute Gasteiger partial charge is 0.462 e. The van der Waals surface area contributed by atoms with Gasteiger partial charge in [-0.25, -0.2) is 9.13 Å². The molecule has 4 unspecified atom stereocenters. The van der Waals surface area contributed by atoms with Crippen LogP contribution in [0.4, 0.5) is 0 Å². The molecule has 0 fully saturated rings. The van der Waals surface area contributed by atoms with Gasteiger partial charge in [0.1, 0.15) is 19.3 Å². The van der Waals surface area contributed by atoms with E-state index in [1.54, 1.807) is 0 Å². The molecule has 0 aliphatic heterocycles. The molecular weight excluding hydrogens is 1210 g/mol. The molecule has 19 heteroatoms. The van der Waals surface area contributed by atoms with Crippen molar-refractivity contribution >= 4 is 39.5 Å². The van der Waals surface area contributed by atoms with Gasteiger partial charge in [-0.15, -0.1) is 0 Å². The molecule has 0 aliphatic carbocycles. The van der Waals surface area contributed by atoms with Gasteiger partial charge < -0.3 is 33.8 Å². The minimum Gasteiger partial charge on any atom is -0.462 e. The van der Waals surface area contributed by atoms with E-state index in [-0.39, 0.29) is 25.7 Å². The molecule has 0 aromatic heterocycles. The van der Waals surface area contributed by atoms with Gasteiger partial charge in [0.05, 0.1) is 26.4 Å². The van der Waals surface area contributed by atoms with Crippen LogP contribution in [0, 0.1) is 23.7 Å². The van der Waals surface area contributed by atoms with Crippen molar-refractivity contribution in [2.75, 3.05) is 39.6 Å². The number of rotatable bonds is 70. The van der Waals surface area contributed by atoms with E-state index >= 15 is 0 Å². The molecule has 0 aliphatic rings. The molecule has 3 N–H and O–H groups in total. The van der Waals surface area contributed by atoms with Crippen molar-refractivity contribution in [3.63, 3.8) is 0 Å². The lowest BCUT2D eigenvalue weighted by Crippen LogP contribution is -2.30.